The van der Waals surface area contributed by atoms with E-state index in [2.05, 4.69) is 0 Å². The third kappa shape index (κ3) is 0.676. The minimum atomic E-state index is -0.982. The van der Waals surface area contributed by atoms with Crippen molar-refractivity contribution < 1.29 is 29.3 Å². The molecular formula is C24H22O6. The lowest BCUT2D eigenvalue weighted by molar-refractivity contribution is -0.192. The maximum Gasteiger partial charge on any atom is 0.315 e. The number of carbonyl (C=O) groups is 2. The molecule has 0 aromatic rings. The van der Waals surface area contributed by atoms with Gasteiger partial charge in [0.15, 0.2) is 0 Å². The highest BCUT2D eigenvalue weighted by atomic mass is 16.5. The zero-order chi connectivity index (χ0) is 19.8. The minimum Gasteiger partial charge on any atom is -0.468 e. The summed E-state index contributed by atoms with van der Waals surface area (Å²) in [7, 11) is 2.97. The van der Waals surface area contributed by atoms with Crippen molar-refractivity contribution >= 4 is 11.9 Å². The number of aliphatic hydroxyl groups is 2. The van der Waals surface area contributed by atoms with Crippen molar-refractivity contribution in [3.05, 3.63) is 11.1 Å². The predicted molar refractivity (Wildman–Crippen MR) is 94.7 cm³/mol. The van der Waals surface area contributed by atoms with Crippen LogP contribution in [0.25, 0.3) is 0 Å². The van der Waals surface area contributed by atoms with Crippen LogP contribution < -0.4 is 0 Å². The first-order chi connectivity index (χ1) is 14.4. The van der Waals surface area contributed by atoms with E-state index in [1.807, 2.05) is 0 Å². The second kappa shape index (κ2) is 3.16. The van der Waals surface area contributed by atoms with Gasteiger partial charge >= 0.3 is 11.9 Å². The van der Waals surface area contributed by atoms with Gasteiger partial charge in [0.25, 0.3) is 0 Å². The standard InChI is InChI=1S/C24H22O6/c1-29-19(25)21-11-3-4-12(21)6-8-14(4)22(20(26)30-2)13(3)7-5(11)15-9-10(16(6)23(15,21)27)18(8)24(22,28)17(7)9/h3-5,7,9-18,27-28H,1-2H3. The van der Waals surface area contributed by atoms with Gasteiger partial charge in [0.2, 0.25) is 0 Å². The van der Waals surface area contributed by atoms with Crippen LogP contribution in [-0.2, 0) is 19.1 Å². The summed E-state index contributed by atoms with van der Waals surface area (Å²) >= 11 is 0. The molecule has 2 N–H and O–H groups in total. The van der Waals surface area contributed by atoms with E-state index >= 15 is 0 Å². The third-order valence-electron chi connectivity index (χ3n) is 14.2. The molecule has 0 aromatic heterocycles. The van der Waals surface area contributed by atoms with E-state index in [0.717, 1.165) is 0 Å². The zero-order valence-electron chi connectivity index (χ0n) is 16.6. The highest BCUT2D eigenvalue weighted by molar-refractivity contribution is 5.92. The van der Waals surface area contributed by atoms with Crippen molar-refractivity contribution in [1.82, 2.24) is 0 Å². The molecule has 6 nitrogen and oxygen atoms in total. The van der Waals surface area contributed by atoms with Gasteiger partial charge in [-0.3, -0.25) is 9.59 Å². The molecular weight excluding hydrogens is 384 g/mol. The van der Waals surface area contributed by atoms with Crippen molar-refractivity contribution in [2.75, 3.05) is 14.2 Å². The predicted octanol–water partition coefficient (Wildman–Crippen LogP) is -0.160. The fourth-order valence-electron chi connectivity index (χ4n) is 15.7. The van der Waals surface area contributed by atoms with Gasteiger partial charge < -0.3 is 19.7 Å². The van der Waals surface area contributed by atoms with Gasteiger partial charge in [0, 0.05) is 23.7 Å². The van der Waals surface area contributed by atoms with Crippen molar-refractivity contribution in [2.24, 2.45) is 93.7 Å². The van der Waals surface area contributed by atoms with Gasteiger partial charge in [-0.15, -0.1) is 0 Å². The SMILES string of the molecule is COC(=O)C12C3C4=C5C6C7C8C(C9C%10C8C6(O)C6(C(=O)OC)C5C3C(C91)C%106)C2(O)C47. The van der Waals surface area contributed by atoms with Gasteiger partial charge in [-0.2, -0.15) is 0 Å². The lowest BCUT2D eigenvalue weighted by Crippen LogP contribution is -2.60. The third-order valence-corrected chi connectivity index (χ3v) is 14.2. The number of rotatable bonds is 2. The van der Waals surface area contributed by atoms with Crippen LogP contribution in [0.4, 0.5) is 0 Å². The summed E-state index contributed by atoms with van der Waals surface area (Å²) in [6.07, 6.45) is 0. The average Bonchev–Trinajstić information content (AvgIpc) is 3.49. The number of esters is 2. The lowest BCUT2D eigenvalue weighted by Gasteiger charge is -2.46. The number of methoxy groups -OCH3 is 2. The van der Waals surface area contributed by atoms with E-state index in [0.29, 0.717) is 0 Å². The fourth-order valence-corrected chi connectivity index (χ4v) is 15.7. The van der Waals surface area contributed by atoms with E-state index in [1.165, 1.54) is 25.4 Å². The summed E-state index contributed by atoms with van der Waals surface area (Å²) in [5, 5.41) is 25.3. The Balaban J connectivity index is 1.40. The molecule has 10 saturated carbocycles. The second-order valence-corrected chi connectivity index (χ2v) is 12.8. The van der Waals surface area contributed by atoms with E-state index in [4.69, 9.17) is 9.47 Å². The number of carbonyl (C=O) groups excluding carboxylic acids is 2. The van der Waals surface area contributed by atoms with Crippen LogP contribution in [0.1, 0.15) is 0 Å². The van der Waals surface area contributed by atoms with Crippen LogP contribution in [0, 0.1) is 93.7 Å². The molecule has 0 heterocycles. The Bertz CT molecular complexity index is 1100. The summed E-state index contributed by atoms with van der Waals surface area (Å²) in [6.45, 7) is 0. The zero-order valence-corrected chi connectivity index (χ0v) is 16.6. The maximum absolute atomic E-state index is 13.7. The fraction of sp³-hybridized carbons (Fsp3) is 0.833. The van der Waals surface area contributed by atoms with Gasteiger partial charge in [0.05, 0.1) is 25.4 Å². The number of hydrogen-bond acceptors (Lipinski definition) is 6. The molecule has 14 unspecified atom stereocenters. The second-order valence-electron chi connectivity index (χ2n) is 12.8. The molecule has 0 radical (unpaired) electrons. The van der Waals surface area contributed by atoms with Crippen LogP contribution in [0.3, 0.4) is 0 Å². The van der Waals surface area contributed by atoms with E-state index in [9.17, 15) is 19.8 Å². The first-order valence-corrected chi connectivity index (χ1v) is 11.8. The molecule has 12 aliphatic carbocycles. The first-order valence-electron chi connectivity index (χ1n) is 11.8. The first kappa shape index (κ1) is 14.6. The Labute approximate surface area is 172 Å². The van der Waals surface area contributed by atoms with Crippen molar-refractivity contribution in [2.45, 2.75) is 11.2 Å². The molecule has 0 aromatic carbocycles. The summed E-state index contributed by atoms with van der Waals surface area (Å²) < 4.78 is 11.0. The van der Waals surface area contributed by atoms with E-state index in [-0.39, 0.29) is 94.8 Å². The summed E-state index contributed by atoms with van der Waals surface area (Å²) in [6, 6.07) is 0. The Morgan fingerprint density at radius 2 is 1.00 bits per heavy atom. The summed E-state index contributed by atoms with van der Waals surface area (Å²) in [5.74, 6) is 1.61. The van der Waals surface area contributed by atoms with Crippen molar-refractivity contribution in [3.8, 4) is 0 Å². The average molecular weight is 406 g/mol. The molecule has 0 aliphatic heterocycles. The Morgan fingerprint density at radius 3 is 1.43 bits per heavy atom. The Hall–Kier alpha value is -1.40. The molecule has 6 heteroatoms. The molecule has 0 amide bonds. The van der Waals surface area contributed by atoms with Gasteiger partial charge in [-0.25, -0.2) is 0 Å². The largest absolute Gasteiger partial charge is 0.468 e. The maximum atomic E-state index is 13.7. The minimum absolute atomic E-state index is 0.0142. The van der Waals surface area contributed by atoms with Gasteiger partial charge in [-0.05, 0) is 59.2 Å². The molecule has 14 atom stereocenters. The molecule has 0 bridgehead atoms. The number of hydrogen-bond donors (Lipinski definition) is 2. The topological polar surface area (TPSA) is 93.1 Å². The van der Waals surface area contributed by atoms with Crippen LogP contribution in [0.5, 0.6) is 0 Å². The van der Waals surface area contributed by atoms with E-state index < -0.39 is 22.0 Å². The highest BCUT2D eigenvalue weighted by Gasteiger charge is 3.10. The van der Waals surface area contributed by atoms with Crippen LogP contribution in [-0.4, -0.2) is 47.6 Å². The van der Waals surface area contributed by atoms with Gasteiger partial charge in [0.1, 0.15) is 10.8 Å². The molecule has 12 aliphatic rings. The highest BCUT2D eigenvalue weighted by Crippen LogP contribution is 3.06. The molecule has 0 saturated heterocycles. The van der Waals surface area contributed by atoms with Crippen molar-refractivity contribution in [1.29, 1.82) is 0 Å². The summed E-state index contributed by atoms with van der Waals surface area (Å²) in [5.41, 5.74) is -0.926. The smallest absolute Gasteiger partial charge is 0.315 e. The van der Waals surface area contributed by atoms with Crippen molar-refractivity contribution in [3.63, 3.8) is 0 Å². The Morgan fingerprint density at radius 1 is 0.633 bits per heavy atom. The van der Waals surface area contributed by atoms with Crippen LogP contribution in [0.2, 0.25) is 0 Å². The molecule has 10 fully saturated rings. The quantitative estimate of drug-likeness (QED) is 0.489. The normalized spacial score (nSPS) is 80.7. The molecule has 154 valence electrons. The number of ether oxygens (including phenoxy) is 2. The lowest BCUT2D eigenvalue weighted by atomic mass is 9.60. The van der Waals surface area contributed by atoms with Crippen LogP contribution in [0.15, 0.2) is 11.1 Å². The summed E-state index contributed by atoms with van der Waals surface area (Å²) in [4.78, 5) is 27.4. The monoisotopic (exact) mass is 406 g/mol. The molecule has 12 rings (SSSR count). The van der Waals surface area contributed by atoms with E-state index in [1.54, 1.807) is 0 Å². The molecule has 0 spiro atoms. The van der Waals surface area contributed by atoms with Gasteiger partial charge in [-0.1, -0.05) is 11.1 Å². The Kier molecular flexibility index (Phi) is 1.54. The molecule has 30 heavy (non-hydrogen) atoms. The van der Waals surface area contributed by atoms with Crippen LogP contribution >= 0.6 is 0 Å².